The highest BCUT2D eigenvalue weighted by atomic mass is 35.5. The maximum absolute atomic E-state index is 5.58. The third-order valence-corrected chi connectivity index (χ3v) is 2.23. The lowest BCUT2D eigenvalue weighted by Gasteiger charge is -2.13. The van der Waals surface area contributed by atoms with Crippen LogP contribution < -0.4 is 14.2 Å². The van der Waals surface area contributed by atoms with Crippen molar-refractivity contribution in [3.63, 3.8) is 0 Å². The second-order valence-corrected chi connectivity index (χ2v) is 3.52. The van der Waals surface area contributed by atoms with Crippen LogP contribution >= 0.6 is 11.6 Å². The lowest BCUT2D eigenvalue weighted by molar-refractivity contribution is 0.109. The first-order chi connectivity index (χ1) is 8.33. The van der Waals surface area contributed by atoms with Crippen LogP contribution in [0.4, 0.5) is 0 Å². The molecule has 0 aliphatic carbocycles. The number of hydrogen-bond acceptors (Lipinski definition) is 4. The van der Waals surface area contributed by atoms with E-state index >= 15 is 0 Å². The van der Waals surface area contributed by atoms with E-state index in [9.17, 15) is 0 Å². The van der Waals surface area contributed by atoms with Gasteiger partial charge in [-0.15, -0.1) is 11.6 Å². The Balaban J connectivity index is 2.55. The van der Waals surface area contributed by atoms with Crippen LogP contribution in [0.1, 0.15) is 0 Å². The molecule has 0 aliphatic heterocycles. The Morgan fingerprint density at radius 1 is 1.00 bits per heavy atom. The topological polar surface area (TPSA) is 36.9 Å². The summed E-state index contributed by atoms with van der Waals surface area (Å²) in [5, 5.41) is 0. The summed E-state index contributed by atoms with van der Waals surface area (Å²) in [5.74, 6) is 2.35. The van der Waals surface area contributed by atoms with Gasteiger partial charge in [0.25, 0.3) is 0 Å². The van der Waals surface area contributed by atoms with Crippen molar-refractivity contribution in [2.75, 3.05) is 39.9 Å². The van der Waals surface area contributed by atoms with Gasteiger partial charge in [0.15, 0.2) is 11.5 Å². The molecule has 0 heterocycles. The average Bonchev–Trinajstić information content (AvgIpc) is 2.38. The first kappa shape index (κ1) is 13.9. The van der Waals surface area contributed by atoms with E-state index < -0.39 is 0 Å². The molecule has 0 fully saturated rings. The lowest BCUT2D eigenvalue weighted by atomic mass is 10.3. The van der Waals surface area contributed by atoms with E-state index in [0.29, 0.717) is 42.9 Å². The van der Waals surface area contributed by atoms with Gasteiger partial charge in [-0.3, -0.25) is 0 Å². The molecule has 0 radical (unpaired) electrons. The molecule has 0 saturated heterocycles. The number of ether oxygens (including phenoxy) is 4. The summed E-state index contributed by atoms with van der Waals surface area (Å²) in [6.45, 7) is 1.43. The van der Waals surface area contributed by atoms with Crippen LogP contribution in [0.15, 0.2) is 18.2 Å². The molecule has 0 saturated carbocycles. The van der Waals surface area contributed by atoms with Gasteiger partial charge in [0.2, 0.25) is 5.75 Å². The summed E-state index contributed by atoms with van der Waals surface area (Å²) in [7, 11) is 3.18. The van der Waals surface area contributed by atoms with Crippen molar-refractivity contribution in [3.05, 3.63) is 18.2 Å². The molecule has 1 aromatic rings. The average molecular weight is 261 g/mol. The maximum Gasteiger partial charge on any atom is 0.203 e. The molecule has 1 rings (SSSR count). The molecule has 0 atom stereocenters. The summed E-state index contributed by atoms with van der Waals surface area (Å²) in [4.78, 5) is 0. The molecule has 0 aromatic heterocycles. The van der Waals surface area contributed by atoms with E-state index in [1.165, 1.54) is 0 Å². The predicted octanol–water partition coefficient (Wildman–Crippen LogP) is 2.34. The van der Waals surface area contributed by atoms with Gasteiger partial charge < -0.3 is 18.9 Å². The lowest BCUT2D eigenvalue weighted by Crippen LogP contribution is -2.09. The number of hydrogen-bond donors (Lipinski definition) is 0. The second kappa shape index (κ2) is 8.03. The Morgan fingerprint density at radius 2 is 1.65 bits per heavy atom. The van der Waals surface area contributed by atoms with Crippen molar-refractivity contribution in [2.24, 2.45) is 0 Å². The smallest absolute Gasteiger partial charge is 0.203 e. The van der Waals surface area contributed by atoms with Gasteiger partial charge in [0.05, 0.1) is 27.4 Å². The van der Waals surface area contributed by atoms with E-state index in [1.54, 1.807) is 14.2 Å². The minimum absolute atomic E-state index is 0.424. The molecular formula is C12H17ClO4. The predicted molar refractivity (Wildman–Crippen MR) is 66.6 cm³/mol. The summed E-state index contributed by atoms with van der Waals surface area (Å²) >= 11 is 5.49. The van der Waals surface area contributed by atoms with Crippen molar-refractivity contribution in [1.29, 1.82) is 0 Å². The second-order valence-electron chi connectivity index (χ2n) is 3.14. The minimum atomic E-state index is 0.424. The SMILES string of the molecule is COc1cccc(OC)c1OCCOCCCl. The summed E-state index contributed by atoms with van der Waals surface area (Å²) < 4.78 is 21.2. The van der Waals surface area contributed by atoms with E-state index in [0.717, 1.165) is 0 Å². The third kappa shape index (κ3) is 4.32. The number of halogens is 1. The Labute approximate surface area is 106 Å². The van der Waals surface area contributed by atoms with Crippen molar-refractivity contribution >= 4 is 11.6 Å². The van der Waals surface area contributed by atoms with Crippen LogP contribution in [0.25, 0.3) is 0 Å². The first-order valence-corrected chi connectivity index (χ1v) is 5.84. The summed E-state index contributed by atoms with van der Waals surface area (Å²) in [5.41, 5.74) is 0. The van der Waals surface area contributed by atoms with E-state index in [1.807, 2.05) is 18.2 Å². The molecule has 0 spiro atoms. The Kier molecular flexibility index (Phi) is 6.58. The van der Waals surface area contributed by atoms with Crippen LogP contribution in [0.3, 0.4) is 0 Å². The summed E-state index contributed by atoms with van der Waals surface area (Å²) in [6, 6.07) is 5.48. The molecule has 0 N–H and O–H groups in total. The van der Waals surface area contributed by atoms with Gasteiger partial charge >= 0.3 is 0 Å². The van der Waals surface area contributed by atoms with Crippen molar-refractivity contribution in [3.8, 4) is 17.2 Å². The third-order valence-electron chi connectivity index (χ3n) is 2.08. The molecule has 1 aromatic carbocycles. The van der Waals surface area contributed by atoms with Gasteiger partial charge in [0.1, 0.15) is 6.61 Å². The molecule has 4 nitrogen and oxygen atoms in total. The van der Waals surface area contributed by atoms with E-state index in [2.05, 4.69) is 0 Å². The van der Waals surface area contributed by atoms with E-state index in [4.69, 9.17) is 30.5 Å². The normalized spacial score (nSPS) is 10.1. The molecule has 0 unspecified atom stereocenters. The van der Waals surface area contributed by atoms with E-state index in [-0.39, 0.29) is 0 Å². The van der Waals surface area contributed by atoms with Crippen LogP contribution in [-0.2, 0) is 4.74 Å². The van der Waals surface area contributed by atoms with Crippen LogP contribution in [0.2, 0.25) is 0 Å². The van der Waals surface area contributed by atoms with Crippen LogP contribution in [0, 0.1) is 0 Å². The standard InChI is InChI=1S/C12H17ClO4/c1-14-10-4-3-5-11(15-2)12(10)17-9-8-16-7-6-13/h3-5H,6-9H2,1-2H3. The fourth-order valence-corrected chi connectivity index (χ4v) is 1.43. The van der Waals surface area contributed by atoms with Crippen LogP contribution in [-0.4, -0.2) is 39.9 Å². The zero-order valence-electron chi connectivity index (χ0n) is 10.1. The Morgan fingerprint density at radius 3 is 2.18 bits per heavy atom. The van der Waals surface area contributed by atoms with Crippen LogP contribution in [0.5, 0.6) is 17.2 Å². The molecule has 0 bridgehead atoms. The fraction of sp³-hybridized carbons (Fsp3) is 0.500. The number of methoxy groups -OCH3 is 2. The highest BCUT2D eigenvalue weighted by Gasteiger charge is 2.10. The number of rotatable bonds is 8. The molecule has 0 aliphatic rings. The van der Waals surface area contributed by atoms with Gasteiger partial charge in [-0.2, -0.15) is 0 Å². The molecular weight excluding hydrogens is 244 g/mol. The van der Waals surface area contributed by atoms with Gasteiger partial charge in [-0.05, 0) is 12.1 Å². The number of benzene rings is 1. The molecule has 96 valence electrons. The molecule has 5 heteroatoms. The van der Waals surface area contributed by atoms with Crippen molar-refractivity contribution < 1.29 is 18.9 Å². The maximum atomic E-state index is 5.58. The highest BCUT2D eigenvalue weighted by molar-refractivity contribution is 6.17. The molecule has 0 amide bonds. The number of alkyl halides is 1. The largest absolute Gasteiger partial charge is 0.493 e. The monoisotopic (exact) mass is 260 g/mol. The first-order valence-electron chi connectivity index (χ1n) is 5.31. The van der Waals surface area contributed by atoms with Crippen molar-refractivity contribution in [1.82, 2.24) is 0 Å². The quantitative estimate of drug-likeness (QED) is 0.531. The summed E-state index contributed by atoms with van der Waals surface area (Å²) in [6.07, 6.45) is 0. The van der Waals surface area contributed by atoms with Gasteiger partial charge in [-0.1, -0.05) is 6.07 Å². The number of para-hydroxylation sites is 1. The fourth-order valence-electron chi connectivity index (χ4n) is 1.32. The minimum Gasteiger partial charge on any atom is -0.493 e. The Hall–Kier alpha value is -1.13. The molecule has 17 heavy (non-hydrogen) atoms. The Bertz CT molecular complexity index is 308. The zero-order chi connectivity index (χ0) is 12.5. The van der Waals surface area contributed by atoms with Gasteiger partial charge in [0, 0.05) is 5.88 Å². The van der Waals surface area contributed by atoms with Gasteiger partial charge in [-0.25, -0.2) is 0 Å². The highest BCUT2D eigenvalue weighted by Crippen LogP contribution is 2.36. The zero-order valence-corrected chi connectivity index (χ0v) is 10.8. The van der Waals surface area contributed by atoms with Crippen molar-refractivity contribution in [2.45, 2.75) is 0 Å².